The van der Waals surface area contributed by atoms with Crippen LogP contribution < -0.4 is 10.0 Å². The van der Waals surface area contributed by atoms with Crippen molar-refractivity contribution in [3.63, 3.8) is 0 Å². The number of sulfonamides is 1. The first kappa shape index (κ1) is 15.3. The van der Waals surface area contributed by atoms with Crippen LogP contribution in [0.15, 0.2) is 47.4 Å². The SMILES string of the molecule is CCc1ccc(N(C)S(=O)(=O)c2c(N)cccc2F)cc1. The molecule has 0 fully saturated rings. The van der Waals surface area contributed by atoms with Crippen molar-refractivity contribution in [1.29, 1.82) is 0 Å². The number of hydrogen-bond donors (Lipinski definition) is 1. The van der Waals surface area contributed by atoms with Crippen LogP contribution in [0.2, 0.25) is 0 Å². The molecule has 2 aromatic rings. The van der Waals surface area contributed by atoms with Crippen molar-refractivity contribution in [2.75, 3.05) is 17.1 Å². The second kappa shape index (κ2) is 5.73. The van der Waals surface area contributed by atoms with Gasteiger partial charge in [0, 0.05) is 7.05 Å². The summed E-state index contributed by atoms with van der Waals surface area (Å²) in [6.07, 6.45) is 0.858. The van der Waals surface area contributed by atoms with E-state index in [0.29, 0.717) is 5.69 Å². The minimum absolute atomic E-state index is 0.105. The van der Waals surface area contributed by atoms with Crippen molar-refractivity contribution in [3.05, 3.63) is 53.8 Å². The highest BCUT2D eigenvalue weighted by atomic mass is 32.2. The van der Waals surface area contributed by atoms with Gasteiger partial charge in [-0.3, -0.25) is 4.31 Å². The van der Waals surface area contributed by atoms with E-state index >= 15 is 0 Å². The van der Waals surface area contributed by atoms with Gasteiger partial charge in [-0.05, 0) is 36.2 Å². The molecule has 21 heavy (non-hydrogen) atoms. The lowest BCUT2D eigenvalue weighted by atomic mass is 10.1. The minimum atomic E-state index is -4.04. The summed E-state index contributed by atoms with van der Waals surface area (Å²) in [4.78, 5) is -0.493. The number of nitrogens with zero attached hydrogens (tertiary/aromatic N) is 1. The third-order valence-electron chi connectivity index (χ3n) is 3.32. The molecule has 2 rings (SSSR count). The average molecular weight is 308 g/mol. The third kappa shape index (κ3) is 2.85. The Labute approximate surface area is 124 Å². The first-order valence-corrected chi connectivity index (χ1v) is 7.93. The van der Waals surface area contributed by atoms with E-state index in [1.54, 1.807) is 12.1 Å². The Morgan fingerprint density at radius 1 is 1.14 bits per heavy atom. The maximum Gasteiger partial charge on any atom is 0.269 e. The summed E-state index contributed by atoms with van der Waals surface area (Å²) in [5.74, 6) is -0.855. The highest BCUT2D eigenvalue weighted by Crippen LogP contribution is 2.28. The second-order valence-corrected chi connectivity index (χ2v) is 6.56. The topological polar surface area (TPSA) is 63.4 Å². The Hall–Kier alpha value is -2.08. The number of hydrogen-bond acceptors (Lipinski definition) is 3. The maximum atomic E-state index is 13.9. The van der Waals surface area contributed by atoms with E-state index in [9.17, 15) is 12.8 Å². The van der Waals surface area contributed by atoms with E-state index in [-0.39, 0.29) is 5.69 Å². The fourth-order valence-electron chi connectivity index (χ4n) is 2.01. The zero-order valence-electron chi connectivity index (χ0n) is 11.9. The number of halogens is 1. The summed E-state index contributed by atoms with van der Waals surface area (Å²) in [5, 5.41) is 0. The molecule has 0 unspecified atom stereocenters. The van der Waals surface area contributed by atoms with Crippen molar-refractivity contribution >= 4 is 21.4 Å². The van der Waals surface area contributed by atoms with Gasteiger partial charge in [0.05, 0.1) is 11.4 Å². The molecule has 0 saturated heterocycles. The highest BCUT2D eigenvalue weighted by molar-refractivity contribution is 7.93. The molecule has 112 valence electrons. The van der Waals surface area contributed by atoms with Crippen LogP contribution in [0.25, 0.3) is 0 Å². The predicted octanol–water partition coefficient (Wildman–Crippen LogP) is 2.80. The molecule has 0 aliphatic carbocycles. The van der Waals surface area contributed by atoms with Gasteiger partial charge in [-0.25, -0.2) is 12.8 Å². The van der Waals surface area contributed by atoms with Crippen LogP contribution in [0.1, 0.15) is 12.5 Å². The van der Waals surface area contributed by atoms with Crippen LogP contribution >= 0.6 is 0 Å². The molecule has 2 N–H and O–H groups in total. The zero-order chi connectivity index (χ0) is 15.6. The Kier molecular flexibility index (Phi) is 4.18. The number of nitrogen functional groups attached to an aromatic ring is 1. The van der Waals surface area contributed by atoms with Gasteiger partial charge < -0.3 is 5.73 Å². The van der Waals surface area contributed by atoms with Crippen LogP contribution in [0.4, 0.5) is 15.8 Å². The molecule has 0 aromatic heterocycles. The Bertz CT molecular complexity index is 723. The van der Waals surface area contributed by atoms with Gasteiger partial charge in [0.2, 0.25) is 0 Å². The lowest BCUT2D eigenvalue weighted by Gasteiger charge is -2.21. The number of aryl methyl sites for hydroxylation is 1. The molecule has 6 heteroatoms. The molecular weight excluding hydrogens is 291 g/mol. The molecule has 2 aromatic carbocycles. The van der Waals surface area contributed by atoms with Crippen molar-refractivity contribution in [2.24, 2.45) is 0 Å². The highest BCUT2D eigenvalue weighted by Gasteiger charge is 2.27. The van der Waals surface area contributed by atoms with E-state index in [2.05, 4.69) is 0 Å². The van der Waals surface area contributed by atoms with Crippen molar-refractivity contribution in [3.8, 4) is 0 Å². The molecule has 0 bridgehead atoms. The number of benzene rings is 2. The van der Waals surface area contributed by atoms with Crippen molar-refractivity contribution < 1.29 is 12.8 Å². The van der Waals surface area contributed by atoms with Crippen LogP contribution in [0.3, 0.4) is 0 Å². The first-order valence-electron chi connectivity index (χ1n) is 6.49. The van der Waals surface area contributed by atoms with Gasteiger partial charge in [0.1, 0.15) is 10.7 Å². The largest absolute Gasteiger partial charge is 0.398 e. The van der Waals surface area contributed by atoms with Gasteiger partial charge in [0.15, 0.2) is 0 Å². The summed E-state index contributed by atoms with van der Waals surface area (Å²) >= 11 is 0. The van der Waals surface area contributed by atoms with Crippen LogP contribution in [-0.4, -0.2) is 15.5 Å². The Morgan fingerprint density at radius 3 is 2.29 bits per heavy atom. The van der Waals surface area contributed by atoms with Crippen molar-refractivity contribution in [2.45, 2.75) is 18.2 Å². The normalized spacial score (nSPS) is 11.4. The number of rotatable bonds is 4. The zero-order valence-corrected chi connectivity index (χ0v) is 12.7. The summed E-state index contributed by atoms with van der Waals surface area (Å²) in [5.41, 5.74) is 7.06. The number of nitrogens with two attached hydrogens (primary N) is 1. The van der Waals surface area contributed by atoms with Gasteiger partial charge in [-0.1, -0.05) is 25.1 Å². The van der Waals surface area contributed by atoms with Gasteiger partial charge in [-0.15, -0.1) is 0 Å². The minimum Gasteiger partial charge on any atom is -0.398 e. The van der Waals surface area contributed by atoms with Gasteiger partial charge >= 0.3 is 0 Å². The van der Waals surface area contributed by atoms with Crippen molar-refractivity contribution in [1.82, 2.24) is 0 Å². The third-order valence-corrected chi connectivity index (χ3v) is 5.20. The molecular formula is C15H17FN2O2S. The molecule has 0 spiro atoms. The molecule has 0 radical (unpaired) electrons. The lowest BCUT2D eigenvalue weighted by molar-refractivity contribution is 0.567. The average Bonchev–Trinajstić information content (AvgIpc) is 2.46. The summed E-state index contributed by atoms with van der Waals surface area (Å²) in [6, 6.07) is 10.9. The molecule has 4 nitrogen and oxygen atoms in total. The Morgan fingerprint density at radius 2 is 1.76 bits per heavy atom. The molecule has 0 aliphatic rings. The molecule has 0 saturated carbocycles. The predicted molar refractivity (Wildman–Crippen MR) is 82.2 cm³/mol. The van der Waals surface area contributed by atoms with E-state index in [1.807, 2.05) is 19.1 Å². The van der Waals surface area contributed by atoms with Crippen LogP contribution in [0, 0.1) is 5.82 Å². The standard InChI is InChI=1S/C15H17FN2O2S/c1-3-11-7-9-12(10-8-11)18(2)21(19,20)15-13(16)5-4-6-14(15)17/h4-10H,3,17H2,1-2H3. The smallest absolute Gasteiger partial charge is 0.269 e. The lowest BCUT2D eigenvalue weighted by Crippen LogP contribution is -2.28. The van der Waals surface area contributed by atoms with E-state index in [1.165, 1.54) is 19.2 Å². The van der Waals surface area contributed by atoms with E-state index < -0.39 is 20.7 Å². The molecule has 0 amide bonds. The Balaban J connectivity index is 2.47. The van der Waals surface area contributed by atoms with Crippen LogP contribution in [-0.2, 0) is 16.4 Å². The van der Waals surface area contributed by atoms with Gasteiger partial charge in [-0.2, -0.15) is 0 Å². The summed E-state index contributed by atoms with van der Waals surface area (Å²) in [6.45, 7) is 2.01. The maximum absolute atomic E-state index is 13.9. The number of anilines is 2. The van der Waals surface area contributed by atoms with Crippen LogP contribution in [0.5, 0.6) is 0 Å². The molecule has 0 heterocycles. The van der Waals surface area contributed by atoms with E-state index in [4.69, 9.17) is 5.73 Å². The fraction of sp³-hybridized carbons (Fsp3) is 0.200. The quantitative estimate of drug-likeness (QED) is 0.883. The van der Waals surface area contributed by atoms with E-state index in [0.717, 1.165) is 22.4 Å². The first-order chi connectivity index (χ1) is 9.87. The molecule has 0 atom stereocenters. The summed E-state index contributed by atoms with van der Waals surface area (Å²) in [7, 11) is -2.66. The molecule has 0 aliphatic heterocycles. The second-order valence-electron chi connectivity index (χ2n) is 4.65. The fourth-order valence-corrected chi connectivity index (χ4v) is 3.37. The summed E-state index contributed by atoms with van der Waals surface area (Å²) < 4.78 is 40.0. The monoisotopic (exact) mass is 308 g/mol. The van der Waals surface area contributed by atoms with Gasteiger partial charge in [0.25, 0.3) is 10.0 Å².